The minimum absolute atomic E-state index is 0.120. The van der Waals surface area contributed by atoms with E-state index in [2.05, 4.69) is 10.6 Å². The van der Waals surface area contributed by atoms with Crippen LogP contribution in [0.3, 0.4) is 0 Å². The number of hydrogen-bond donors (Lipinski definition) is 3. The van der Waals surface area contributed by atoms with Gasteiger partial charge in [0.2, 0.25) is 0 Å². The van der Waals surface area contributed by atoms with Crippen LogP contribution in [0.4, 0.5) is 10.5 Å². The molecule has 10 nitrogen and oxygen atoms in total. The van der Waals surface area contributed by atoms with E-state index in [1.165, 1.54) is 4.57 Å². The van der Waals surface area contributed by atoms with Gasteiger partial charge in [-0.05, 0) is 81.3 Å². The summed E-state index contributed by atoms with van der Waals surface area (Å²) in [5.74, 6) is 0.188. The normalized spacial score (nSPS) is 17.4. The Balaban J connectivity index is 1.31. The fraction of sp³-hybridized carbons (Fsp3) is 0.448. The van der Waals surface area contributed by atoms with Crippen LogP contribution in [0.5, 0.6) is 0 Å². The number of hydrogen-bond acceptors (Lipinski definition) is 5. The summed E-state index contributed by atoms with van der Waals surface area (Å²) in [6.07, 6.45) is 3.59. The van der Waals surface area contributed by atoms with Crippen LogP contribution in [0.2, 0.25) is 0 Å². The minimum atomic E-state index is -0.324. The molecule has 0 radical (unpaired) electrons. The maximum atomic E-state index is 13.3. The van der Waals surface area contributed by atoms with Crippen LogP contribution in [0.1, 0.15) is 61.5 Å². The van der Waals surface area contributed by atoms with Gasteiger partial charge < -0.3 is 21.3 Å². The molecule has 5 rings (SSSR count). The highest BCUT2D eigenvalue weighted by Gasteiger charge is 2.27. The molecule has 2 fully saturated rings. The topological polar surface area (TPSA) is 131 Å². The van der Waals surface area contributed by atoms with Crippen molar-refractivity contribution < 1.29 is 9.59 Å². The second-order valence-corrected chi connectivity index (χ2v) is 10.9. The highest BCUT2D eigenvalue weighted by molar-refractivity contribution is 5.95. The number of piperidine rings is 1. The molecule has 2 heterocycles. The number of rotatable bonds is 7. The zero-order valence-electron chi connectivity index (χ0n) is 22.5. The number of aromatic nitrogens is 2. The molecule has 1 atom stereocenters. The summed E-state index contributed by atoms with van der Waals surface area (Å²) in [7, 11) is 0. The third-order valence-electron chi connectivity index (χ3n) is 7.57. The van der Waals surface area contributed by atoms with Crippen molar-refractivity contribution >= 4 is 28.5 Å². The summed E-state index contributed by atoms with van der Waals surface area (Å²) < 4.78 is 2.99. The molecule has 1 aliphatic carbocycles. The number of carbonyl (C=O) groups is 2. The third kappa shape index (κ3) is 5.75. The quantitative estimate of drug-likeness (QED) is 0.430. The van der Waals surface area contributed by atoms with Crippen LogP contribution >= 0.6 is 0 Å². The van der Waals surface area contributed by atoms with Crippen LogP contribution < -0.4 is 27.6 Å². The Morgan fingerprint density at radius 1 is 1.05 bits per heavy atom. The van der Waals surface area contributed by atoms with E-state index >= 15 is 0 Å². The van der Waals surface area contributed by atoms with Crippen molar-refractivity contribution in [1.82, 2.24) is 19.4 Å². The van der Waals surface area contributed by atoms with Gasteiger partial charge in [0.1, 0.15) is 0 Å². The van der Waals surface area contributed by atoms with Gasteiger partial charge in [-0.3, -0.25) is 18.7 Å². The molecule has 4 N–H and O–H groups in total. The molecule has 1 saturated heterocycles. The first kappa shape index (κ1) is 26.7. The number of urea groups is 1. The minimum Gasteiger partial charge on any atom is -0.348 e. The van der Waals surface area contributed by atoms with E-state index in [4.69, 9.17) is 5.73 Å². The molecule has 3 amide bonds. The number of anilines is 1. The van der Waals surface area contributed by atoms with Crippen LogP contribution in [-0.4, -0.2) is 45.1 Å². The second kappa shape index (κ2) is 11.1. The summed E-state index contributed by atoms with van der Waals surface area (Å²) in [6, 6.07) is 11.7. The lowest BCUT2D eigenvalue weighted by Gasteiger charge is -2.33. The van der Waals surface area contributed by atoms with Gasteiger partial charge in [0, 0.05) is 49.5 Å². The monoisotopic (exact) mass is 532 g/mol. The number of amides is 3. The van der Waals surface area contributed by atoms with E-state index in [9.17, 15) is 19.2 Å². The summed E-state index contributed by atoms with van der Waals surface area (Å²) in [5.41, 5.74) is 7.58. The first-order valence-electron chi connectivity index (χ1n) is 13.7. The lowest BCUT2D eigenvalue weighted by atomic mass is 10.0. The smallest absolute Gasteiger partial charge is 0.331 e. The number of nitrogens with two attached hydrogens (primary N) is 1. The summed E-state index contributed by atoms with van der Waals surface area (Å²) in [6.45, 7) is 5.63. The number of nitrogens with zero attached hydrogens (tertiary/aromatic N) is 3. The van der Waals surface area contributed by atoms with Crippen molar-refractivity contribution in [3.63, 3.8) is 0 Å². The zero-order valence-corrected chi connectivity index (χ0v) is 22.5. The average Bonchev–Trinajstić information content (AvgIpc) is 3.76. The molecule has 10 heteroatoms. The summed E-state index contributed by atoms with van der Waals surface area (Å²) in [4.78, 5) is 54.0. The number of benzene rings is 2. The molecule has 1 aliphatic heterocycles. The Kier molecular flexibility index (Phi) is 7.56. The van der Waals surface area contributed by atoms with Crippen molar-refractivity contribution in [3.8, 4) is 0 Å². The molecule has 3 aromatic rings. The van der Waals surface area contributed by atoms with Gasteiger partial charge in [-0.15, -0.1) is 0 Å². The van der Waals surface area contributed by atoms with Crippen molar-refractivity contribution in [3.05, 3.63) is 74.4 Å². The Hall–Kier alpha value is -3.92. The highest BCUT2D eigenvalue weighted by Crippen LogP contribution is 2.30. The number of carbonyl (C=O) groups excluding carboxylic acids is 2. The van der Waals surface area contributed by atoms with E-state index in [1.54, 1.807) is 39.8 Å². The van der Waals surface area contributed by atoms with Crippen molar-refractivity contribution in [2.75, 3.05) is 18.4 Å². The molecule has 0 bridgehead atoms. The lowest BCUT2D eigenvalue weighted by Crippen LogP contribution is -2.50. The third-order valence-corrected chi connectivity index (χ3v) is 7.57. The molecule has 1 aromatic heterocycles. The maximum absolute atomic E-state index is 13.3. The van der Waals surface area contributed by atoms with Crippen molar-refractivity contribution in [2.24, 2.45) is 11.7 Å². The predicted molar refractivity (Wildman–Crippen MR) is 151 cm³/mol. The first-order chi connectivity index (χ1) is 18.7. The fourth-order valence-electron chi connectivity index (χ4n) is 5.22. The number of fused-ring (bicyclic) bond motifs is 1. The van der Waals surface area contributed by atoms with E-state index in [1.807, 2.05) is 26.0 Å². The van der Waals surface area contributed by atoms with E-state index < -0.39 is 0 Å². The highest BCUT2D eigenvalue weighted by atomic mass is 16.2. The Morgan fingerprint density at radius 3 is 2.46 bits per heavy atom. The molecule has 206 valence electrons. The van der Waals surface area contributed by atoms with Gasteiger partial charge in [0.25, 0.3) is 11.5 Å². The van der Waals surface area contributed by atoms with Crippen molar-refractivity contribution in [1.29, 1.82) is 0 Å². The number of likely N-dealkylation sites (tertiary alicyclic amines) is 1. The standard InChI is InChI=1S/C29H36N6O4/c1-18(2)35-25-12-11-22(14-24(25)27(37)34(29(35)39)16-20-5-6-20)32-28(38)33-13-3-4-23(17-33)31-26(36)21-9-7-19(15-30)8-10-21/h7-12,14,18,20,23H,3-6,13,15-17,30H2,1-2H3,(H,31,36)(H,32,38)/t23-/m1/s1. The summed E-state index contributed by atoms with van der Waals surface area (Å²) >= 11 is 0. The molecule has 0 unspecified atom stereocenters. The molecule has 39 heavy (non-hydrogen) atoms. The first-order valence-corrected chi connectivity index (χ1v) is 13.7. The van der Waals surface area contributed by atoms with Crippen LogP contribution in [0.25, 0.3) is 10.9 Å². The summed E-state index contributed by atoms with van der Waals surface area (Å²) in [5, 5.41) is 6.35. The van der Waals surface area contributed by atoms with Crippen LogP contribution in [0.15, 0.2) is 52.1 Å². The van der Waals surface area contributed by atoms with Gasteiger partial charge >= 0.3 is 11.7 Å². The Morgan fingerprint density at radius 2 is 1.79 bits per heavy atom. The van der Waals surface area contributed by atoms with E-state index in [0.29, 0.717) is 54.3 Å². The SMILES string of the molecule is CC(C)n1c(=O)n(CC2CC2)c(=O)c2cc(NC(=O)N3CCC[C@@H](NC(=O)c4ccc(CN)cc4)C3)ccc21. The van der Waals surface area contributed by atoms with Crippen molar-refractivity contribution in [2.45, 2.75) is 64.7 Å². The number of nitrogens with one attached hydrogen (secondary N) is 2. The molecule has 2 aliphatic rings. The van der Waals surface area contributed by atoms with Crippen LogP contribution in [0, 0.1) is 5.92 Å². The predicted octanol–water partition coefficient (Wildman–Crippen LogP) is 3.04. The zero-order chi connectivity index (χ0) is 27.7. The lowest BCUT2D eigenvalue weighted by molar-refractivity contribution is 0.0913. The molecule has 0 spiro atoms. The maximum Gasteiger partial charge on any atom is 0.331 e. The Labute approximate surface area is 226 Å². The Bertz CT molecular complexity index is 1500. The molecule has 2 aromatic carbocycles. The molecular formula is C29H36N6O4. The van der Waals surface area contributed by atoms with Gasteiger partial charge in [0.05, 0.1) is 10.9 Å². The molecular weight excluding hydrogens is 496 g/mol. The fourth-order valence-corrected chi connectivity index (χ4v) is 5.22. The van der Waals surface area contributed by atoms with Gasteiger partial charge in [0.15, 0.2) is 0 Å². The van der Waals surface area contributed by atoms with Gasteiger partial charge in [-0.1, -0.05) is 12.1 Å². The van der Waals surface area contributed by atoms with E-state index in [0.717, 1.165) is 31.2 Å². The average molecular weight is 533 g/mol. The second-order valence-electron chi connectivity index (χ2n) is 10.9. The largest absolute Gasteiger partial charge is 0.348 e. The van der Waals surface area contributed by atoms with E-state index in [-0.39, 0.29) is 35.3 Å². The van der Waals surface area contributed by atoms with Gasteiger partial charge in [-0.25, -0.2) is 9.59 Å². The van der Waals surface area contributed by atoms with Gasteiger partial charge in [-0.2, -0.15) is 0 Å². The molecule has 1 saturated carbocycles. The van der Waals surface area contributed by atoms with Crippen LogP contribution in [-0.2, 0) is 13.1 Å².